The Morgan fingerprint density at radius 2 is 2.08 bits per heavy atom. The van der Waals surface area contributed by atoms with Crippen LogP contribution in [0.2, 0.25) is 0 Å². The number of esters is 2. The Labute approximate surface area is 152 Å². The van der Waals surface area contributed by atoms with E-state index in [0.29, 0.717) is 11.1 Å². The maximum absolute atomic E-state index is 12.4. The normalized spacial score (nSPS) is 36.1. The van der Waals surface area contributed by atoms with Gasteiger partial charge in [-0.2, -0.15) is 0 Å². The SMILES string of the molecule is C=C1C(=O)O[C@@H]2C[C@@]3(C)CC[C@@H](OC(=O)c4cncnc4)C(=C)[C@@H]3C[C@H]12. The Morgan fingerprint density at radius 1 is 1.35 bits per heavy atom. The van der Waals surface area contributed by atoms with Gasteiger partial charge in [-0.05, 0) is 42.6 Å². The summed E-state index contributed by atoms with van der Waals surface area (Å²) in [5.41, 5.74) is 1.82. The van der Waals surface area contributed by atoms with Crippen LogP contribution < -0.4 is 0 Å². The number of fused-ring (bicyclic) bond motifs is 2. The average molecular weight is 354 g/mol. The van der Waals surface area contributed by atoms with Crippen LogP contribution in [0.4, 0.5) is 0 Å². The van der Waals surface area contributed by atoms with E-state index in [1.165, 1.54) is 18.7 Å². The summed E-state index contributed by atoms with van der Waals surface area (Å²) in [5, 5.41) is 0. The molecule has 1 saturated heterocycles. The summed E-state index contributed by atoms with van der Waals surface area (Å²) in [4.78, 5) is 31.9. The van der Waals surface area contributed by atoms with Crippen molar-refractivity contribution in [3.8, 4) is 0 Å². The third-order valence-electron chi connectivity index (χ3n) is 6.30. The highest BCUT2D eigenvalue weighted by Gasteiger charge is 2.54. The van der Waals surface area contributed by atoms with Gasteiger partial charge in [0.1, 0.15) is 18.5 Å². The summed E-state index contributed by atoms with van der Waals surface area (Å²) in [6.45, 7) is 10.4. The molecule has 5 atom stereocenters. The van der Waals surface area contributed by atoms with Crippen molar-refractivity contribution in [2.24, 2.45) is 17.3 Å². The molecule has 0 N–H and O–H groups in total. The van der Waals surface area contributed by atoms with E-state index in [1.54, 1.807) is 0 Å². The summed E-state index contributed by atoms with van der Waals surface area (Å²) in [7, 11) is 0. The fourth-order valence-electron chi connectivity index (χ4n) is 4.77. The molecule has 2 aliphatic carbocycles. The van der Waals surface area contributed by atoms with Crippen LogP contribution in [-0.2, 0) is 14.3 Å². The first-order valence-electron chi connectivity index (χ1n) is 8.93. The molecule has 1 aliphatic heterocycles. The monoisotopic (exact) mass is 354 g/mol. The number of aromatic nitrogens is 2. The lowest BCUT2D eigenvalue weighted by molar-refractivity contribution is -0.142. The lowest BCUT2D eigenvalue weighted by atomic mass is 9.55. The lowest BCUT2D eigenvalue weighted by Crippen LogP contribution is -2.47. The third kappa shape index (κ3) is 2.64. The molecular weight excluding hydrogens is 332 g/mol. The second kappa shape index (κ2) is 6.04. The van der Waals surface area contributed by atoms with Crippen LogP contribution >= 0.6 is 0 Å². The van der Waals surface area contributed by atoms with Gasteiger partial charge in [0, 0.05) is 23.9 Å². The van der Waals surface area contributed by atoms with Gasteiger partial charge in [-0.25, -0.2) is 19.6 Å². The van der Waals surface area contributed by atoms with Gasteiger partial charge in [0.05, 0.1) is 5.56 Å². The van der Waals surface area contributed by atoms with E-state index >= 15 is 0 Å². The smallest absolute Gasteiger partial charge is 0.341 e. The highest BCUT2D eigenvalue weighted by Crippen LogP contribution is 2.57. The van der Waals surface area contributed by atoms with E-state index in [1.807, 2.05) is 0 Å². The zero-order valence-electron chi connectivity index (χ0n) is 14.8. The van der Waals surface area contributed by atoms with Crippen LogP contribution in [0.5, 0.6) is 0 Å². The molecule has 0 unspecified atom stereocenters. The van der Waals surface area contributed by atoms with Gasteiger partial charge in [0.2, 0.25) is 0 Å². The van der Waals surface area contributed by atoms with Crippen molar-refractivity contribution in [2.75, 3.05) is 0 Å². The van der Waals surface area contributed by atoms with Gasteiger partial charge >= 0.3 is 11.9 Å². The van der Waals surface area contributed by atoms with Crippen LogP contribution in [0.3, 0.4) is 0 Å². The maximum atomic E-state index is 12.4. The molecule has 3 aliphatic rings. The summed E-state index contributed by atoms with van der Waals surface area (Å²) >= 11 is 0. The second-order valence-electron chi connectivity index (χ2n) is 7.86. The molecule has 4 rings (SSSR count). The Balaban J connectivity index is 1.51. The van der Waals surface area contributed by atoms with Gasteiger partial charge in [0.15, 0.2) is 0 Å². The van der Waals surface area contributed by atoms with Gasteiger partial charge in [-0.15, -0.1) is 0 Å². The summed E-state index contributed by atoms with van der Waals surface area (Å²) in [6, 6.07) is 0. The number of nitrogens with zero attached hydrogens (tertiary/aromatic N) is 2. The van der Waals surface area contributed by atoms with E-state index < -0.39 is 5.97 Å². The van der Waals surface area contributed by atoms with Crippen molar-refractivity contribution in [1.82, 2.24) is 9.97 Å². The zero-order valence-corrected chi connectivity index (χ0v) is 14.8. The number of carbonyl (C=O) groups is 2. The minimum Gasteiger partial charge on any atom is -0.458 e. The topological polar surface area (TPSA) is 78.4 Å². The van der Waals surface area contributed by atoms with Crippen molar-refractivity contribution in [3.05, 3.63) is 48.6 Å². The first kappa shape index (κ1) is 16.9. The van der Waals surface area contributed by atoms with Gasteiger partial charge in [-0.3, -0.25) is 0 Å². The van der Waals surface area contributed by atoms with Gasteiger partial charge < -0.3 is 9.47 Å². The Hall–Kier alpha value is -2.50. The highest BCUT2D eigenvalue weighted by molar-refractivity contribution is 5.91. The molecule has 26 heavy (non-hydrogen) atoms. The first-order chi connectivity index (χ1) is 12.4. The number of hydrogen-bond donors (Lipinski definition) is 0. The zero-order chi connectivity index (χ0) is 18.5. The predicted octanol–water partition coefficient (Wildman–Crippen LogP) is 2.87. The number of carbonyl (C=O) groups excluding carboxylic acids is 2. The van der Waals surface area contributed by atoms with Crippen LogP contribution in [0, 0.1) is 17.3 Å². The third-order valence-corrected chi connectivity index (χ3v) is 6.30. The minimum absolute atomic E-state index is 0.00190. The van der Waals surface area contributed by atoms with Crippen molar-refractivity contribution < 1.29 is 19.1 Å². The molecular formula is C20H22N2O4. The van der Waals surface area contributed by atoms with E-state index in [4.69, 9.17) is 9.47 Å². The Kier molecular flexibility index (Phi) is 3.93. The van der Waals surface area contributed by atoms with Crippen LogP contribution in [0.1, 0.15) is 43.0 Å². The fourth-order valence-corrected chi connectivity index (χ4v) is 4.77. The number of ether oxygens (including phenoxy) is 2. The molecule has 1 aromatic heterocycles. The molecule has 1 aromatic rings. The van der Waals surface area contributed by atoms with E-state index in [9.17, 15) is 9.59 Å². The van der Waals surface area contributed by atoms with E-state index in [-0.39, 0.29) is 35.4 Å². The van der Waals surface area contributed by atoms with Crippen LogP contribution in [0.15, 0.2) is 43.0 Å². The van der Waals surface area contributed by atoms with Crippen LogP contribution in [0.25, 0.3) is 0 Å². The molecule has 0 radical (unpaired) electrons. The molecule has 2 saturated carbocycles. The van der Waals surface area contributed by atoms with Gasteiger partial charge in [0.25, 0.3) is 0 Å². The minimum atomic E-state index is -0.433. The summed E-state index contributed by atoms with van der Waals surface area (Å²) in [5.74, 6) is -0.499. The fraction of sp³-hybridized carbons (Fsp3) is 0.500. The van der Waals surface area contributed by atoms with Crippen molar-refractivity contribution in [2.45, 2.75) is 44.8 Å². The van der Waals surface area contributed by atoms with E-state index in [0.717, 1.165) is 31.3 Å². The number of rotatable bonds is 2. The summed E-state index contributed by atoms with van der Waals surface area (Å²) < 4.78 is 11.2. The molecule has 6 nitrogen and oxygen atoms in total. The predicted molar refractivity (Wildman–Crippen MR) is 93.0 cm³/mol. The van der Waals surface area contributed by atoms with Gasteiger partial charge in [-0.1, -0.05) is 20.1 Å². The van der Waals surface area contributed by atoms with E-state index in [2.05, 4.69) is 30.0 Å². The largest absolute Gasteiger partial charge is 0.458 e. The number of hydrogen-bond acceptors (Lipinski definition) is 6. The van der Waals surface area contributed by atoms with Crippen molar-refractivity contribution >= 4 is 11.9 Å². The van der Waals surface area contributed by atoms with Crippen molar-refractivity contribution in [1.29, 1.82) is 0 Å². The quantitative estimate of drug-likeness (QED) is 0.462. The second-order valence-corrected chi connectivity index (χ2v) is 7.86. The molecule has 2 heterocycles. The van der Waals surface area contributed by atoms with Crippen molar-refractivity contribution in [3.63, 3.8) is 0 Å². The summed E-state index contributed by atoms with van der Waals surface area (Å²) in [6.07, 6.45) is 7.05. The molecule has 0 bridgehead atoms. The standard InChI is InChI=1S/C20H22N2O4/c1-11-14-6-15-12(2)16(25-19(24)13-8-21-10-22-9-13)4-5-20(15,3)7-17(14)26-18(11)23/h8-10,14-17H,1-2,4-7H2,3H3/t14-,15+,16-,17-,20-/m1/s1. The average Bonchev–Trinajstić information content (AvgIpc) is 2.90. The molecule has 3 fully saturated rings. The highest BCUT2D eigenvalue weighted by atomic mass is 16.6. The first-order valence-corrected chi connectivity index (χ1v) is 8.93. The van der Waals surface area contributed by atoms with Crippen LogP contribution in [-0.4, -0.2) is 34.1 Å². The Morgan fingerprint density at radius 3 is 2.81 bits per heavy atom. The lowest BCUT2D eigenvalue weighted by Gasteiger charge is -2.51. The Bertz CT molecular complexity index is 790. The molecule has 0 amide bonds. The molecule has 6 heteroatoms. The molecule has 0 aromatic carbocycles. The molecule has 0 spiro atoms. The maximum Gasteiger partial charge on any atom is 0.341 e. The molecule has 136 valence electrons.